The number of rotatable bonds is 4. The number of methoxy groups -OCH3 is 1. The van der Waals surface area contributed by atoms with E-state index in [0.29, 0.717) is 17.4 Å². The van der Waals surface area contributed by atoms with Gasteiger partial charge in [0.2, 0.25) is 0 Å². The quantitative estimate of drug-likeness (QED) is 0.908. The van der Waals surface area contributed by atoms with Crippen molar-refractivity contribution < 1.29 is 9.15 Å². The molecule has 1 atom stereocenters. The van der Waals surface area contributed by atoms with Gasteiger partial charge < -0.3 is 14.9 Å². The van der Waals surface area contributed by atoms with Crippen LogP contribution in [0.4, 0.5) is 0 Å². The van der Waals surface area contributed by atoms with Crippen LogP contribution in [-0.2, 0) is 6.42 Å². The molecule has 1 heterocycles. The molecule has 90 valence electrons. The van der Waals surface area contributed by atoms with Crippen molar-refractivity contribution in [1.82, 2.24) is 0 Å². The lowest BCUT2D eigenvalue weighted by Crippen LogP contribution is -2.13. The van der Waals surface area contributed by atoms with Crippen molar-refractivity contribution in [3.63, 3.8) is 0 Å². The highest BCUT2D eigenvalue weighted by molar-refractivity contribution is 6.28. The number of nitrogens with two attached hydrogens (primary N) is 1. The largest absolute Gasteiger partial charge is 0.496 e. The van der Waals surface area contributed by atoms with Crippen LogP contribution in [0, 0.1) is 0 Å². The first-order chi connectivity index (χ1) is 8.20. The Morgan fingerprint density at radius 2 is 2.06 bits per heavy atom. The number of halogens is 1. The lowest BCUT2D eigenvalue weighted by Gasteiger charge is -2.12. The van der Waals surface area contributed by atoms with Crippen molar-refractivity contribution in [3.05, 3.63) is 52.9 Å². The van der Waals surface area contributed by atoms with E-state index in [0.717, 1.165) is 11.3 Å². The second-order valence-corrected chi connectivity index (χ2v) is 4.14. The SMILES string of the molecule is COc1ccccc1CC(N)c1ccc(Cl)o1. The van der Waals surface area contributed by atoms with Crippen molar-refractivity contribution in [1.29, 1.82) is 0 Å². The molecule has 0 aliphatic carbocycles. The maximum absolute atomic E-state index is 6.06. The second-order valence-electron chi connectivity index (χ2n) is 3.76. The molecule has 0 spiro atoms. The van der Waals surface area contributed by atoms with Gasteiger partial charge in [0, 0.05) is 0 Å². The third-order valence-corrected chi connectivity index (χ3v) is 2.79. The third kappa shape index (κ3) is 2.81. The van der Waals surface area contributed by atoms with E-state index in [9.17, 15) is 0 Å². The van der Waals surface area contributed by atoms with Gasteiger partial charge in [-0.25, -0.2) is 0 Å². The van der Waals surface area contributed by atoms with Gasteiger partial charge in [-0.1, -0.05) is 18.2 Å². The van der Waals surface area contributed by atoms with Crippen LogP contribution < -0.4 is 10.5 Å². The van der Waals surface area contributed by atoms with Crippen LogP contribution in [0.15, 0.2) is 40.8 Å². The Labute approximate surface area is 105 Å². The fourth-order valence-electron chi connectivity index (χ4n) is 1.74. The molecule has 0 aliphatic heterocycles. The Morgan fingerprint density at radius 1 is 1.29 bits per heavy atom. The highest BCUT2D eigenvalue weighted by atomic mass is 35.5. The summed E-state index contributed by atoms with van der Waals surface area (Å²) in [6.07, 6.45) is 0.647. The zero-order valence-electron chi connectivity index (χ0n) is 9.52. The molecule has 2 rings (SSSR count). The van der Waals surface area contributed by atoms with Crippen LogP contribution in [-0.4, -0.2) is 7.11 Å². The maximum atomic E-state index is 6.06. The molecular weight excluding hydrogens is 238 g/mol. The summed E-state index contributed by atoms with van der Waals surface area (Å²) in [7, 11) is 1.65. The molecule has 2 aromatic rings. The number of hydrogen-bond donors (Lipinski definition) is 1. The molecular formula is C13H14ClNO2. The van der Waals surface area contributed by atoms with Crippen molar-refractivity contribution in [2.24, 2.45) is 5.73 Å². The summed E-state index contributed by atoms with van der Waals surface area (Å²) in [6.45, 7) is 0. The molecule has 1 unspecified atom stereocenters. The Hall–Kier alpha value is -1.45. The molecule has 0 fully saturated rings. The first-order valence-corrected chi connectivity index (χ1v) is 5.71. The third-order valence-electron chi connectivity index (χ3n) is 2.59. The fraction of sp³-hybridized carbons (Fsp3) is 0.231. The van der Waals surface area contributed by atoms with Crippen LogP contribution in [0.25, 0.3) is 0 Å². The van der Waals surface area contributed by atoms with E-state index < -0.39 is 0 Å². The molecule has 0 bridgehead atoms. The first-order valence-electron chi connectivity index (χ1n) is 5.33. The van der Waals surface area contributed by atoms with E-state index in [4.69, 9.17) is 26.5 Å². The molecule has 1 aromatic heterocycles. The van der Waals surface area contributed by atoms with Gasteiger partial charge in [0.1, 0.15) is 11.5 Å². The Morgan fingerprint density at radius 3 is 2.71 bits per heavy atom. The standard InChI is InChI=1S/C13H14ClNO2/c1-16-11-5-3-2-4-9(11)8-10(15)12-6-7-13(14)17-12/h2-7,10H,8,15H2,1H3. The van der Waals surface area contributed by atoms with E-state index in [2.05, 4.69) is 0 Å². The molecule has 17 heavy (non-hydrogen) atoms. The molecule has 0 aliphatic rings. The van der Waals surface area contributed by atoms with Gasteiger partial charge in [0.15, 0.2) is 5.22 Å². The van der Waals surface area contributed by atoms with Crippen LogP contribution in [0.2, 0.25) is 5.22 Å². The molecule has 0 radical (unpaired) electrons. The monoisotopic (exact) mass is 251 g/mol. The Balaban J connectivity index is 2.15. The molecule has 0 saturated carbocycles. The topological polar surface area (TPSA) is 48.4 Å². The van der Waals surface area contributed by atoms with Gasteiger partial charge in [-0.05, 0) is 41.8 Å². The molecule has 4 heteroatoms. The predicted octanol–water partition coefficient (Wildman–Crippen LogP) is 3.18. The molecule has 3 nitrogen and oxygen atoms in total. The number of hydrogen-bond acceptors (Lipinski definition) is 3. The molecule has 2 N–H and O–H groups in total. The molecule has 1 aromatic carbocycles. The first kappa shape index (κ1) is 12.0. The summed E-state index contributed by atoms with van der Waals surface area (Å²) in [4.78, 5) is 0. The minimum atomic E-state index is -0.223. The zero-order chi connectivity index (χ0) is 12.3. The normalized spacial score (nSPS) is 12.4. The van der Waals surface area contributed by atoms with Crippen molar-refractivity contribution >= 4 is 11.6 Å². The van der Waals surface area contributed by atoms with E-state index in [1.165, 1.54) is 0 Å². The average molecular weight is 252 g/mol. The minimum Gasteiger partial charge on any atom is -0.496 e. The lowest BCUT2D eigenvalue weighted by molar-refractivity contribution is 0.404. The summed E-state index contributed by atoms with van der Waals surface area (Å²) in [5.74, 6) is 1.52. The van der Waals surface area contributed by atoms with Crippen molar-refractivity contribution in [2.45, 2.75) is 12.5 Å². The van der Waals surface area contributed by atoms with E-state index in [1.807, 2.05) is 24.3 Å². The van der Waals surface area contributed by atoms with E-state index in [-0.39, 0.29) is 6.04 Å². The minimum absolute atomic E-state index is 0.223. The van der Waals surface area contributed by atoms with Gasteiger partial charge in [0.05, 0.1) is 13.2 Å². The van der Waals surface area contributed by atoms with Gasteiger partial charge in [-0.2, -0.15) is 0 Å². The van der Waals surface area contributed by atoms with Crippen LogP contribution in [0.1, 0.15) is 17.4 Å². The van der Waals surface area contributed by atoms with Crippen molar-refractivity contribution in [2.75, 3.05) is 7.11 Å². The average Bonchev–Trinajstić information content (AvgIpc) is 2.77. The van der Waals surface area contributed by atoms with Gasteiger partial charge in [-0.3, -0.25) is 0 Å². The predicted molar refractivity (Wildman–Crippen MR) is 67.3 cm³/mol. The lowest BCUT2D eigenvalue weighted by atomic mass is 10.0. The van der Waals surface area contributed by atoms with E-state index >= 15 is 0 Å². The Kier molecular flexibility index (Phi) is 3.71. The van der Waals surface area contributed by atoms with Crippen molar-refractivity contribution in [3.8, 4) is 5.75 Å². The van der Waals surface area contributed by atoms with Gasteiger partial charge in [0.25, 0.3) is 0 Å². The van der Waals surface area contributed by atoms with Crippen LogP contribution >= 0.6 is 11.6 Å². The number of benzene rings is 1. The van der Waals surface area contributed by atoms with Crippen LogP contribution in [0.5, 0.6) is 5.75 Å². The van der Waals surface area contributed by atoms with Gasteiger partial charge >= 0.3 is 0 Å². The van der Waals surface area contributed by atoms with E-state index in [1.54, 1.807) is 19.2 Å². The summed E-state index contributed by atoms with van der Waals surface area (Å²) in [5.41, 5.74) is 7.11. The molecule has 0 saturated heterocycles. The maximum Gasteiger partial charge on any atom is 0.193 e. The summed E-state index contributed by atoms with van der Waals surface area (Å²) in [6, 6.07) is 11.1. The summed E-state index contributed by atoms with van der Waals surface area (Å²) in [5, 5.41) is 0.357. The number of para-hydroxylation sites is 1. The summed E-state index contributed by atoms with van der Waals surface area (Å²) < 4.78 is 10.6. The summed E-state index contributed by atoms with van der Waals surface area (Å²) >= 11 is 5.72. The fourth-order valence-corrected chi connectivity index (χ4v) is 1.89. The highest BCUT2D eigenvalue weighted by Crippen LogP contribution is 2.25. The molecule has 0 amide bonds. The number of ether oxygens (including phenoxy) is 1. The smallest absolute Gasteiger partial charge is 0.193 e. The van der Waals surface area contributed by atoms with Gasteiger partial charge in [-0.15, -0.1) is 0 Å². The second kappa shape index (κ2) is 5.25. The highest BCUT2D eigenvalue weighted by Gasteiger charge is 2.13. The number of furan rings is 1. The van der Waals surface area contributed by atoms with Crippen LogP contribution in [0.3, 0.4) is 0 Å². The zero-order valence-corrected chi connectivity index (χ0v) is 10.3. The Bertz CT molecular complexity index is 496.